The number of nitrogens with zero attached hydrogens (tertiary/aromatic N) is 1. The summed E-state index contributed by atoms with van der Waals surface area (Å²) in [5.74, 6) is -0.659. The van der Waals surface area contributed by atoms with Crippen LogP contribution in [0.3, 0.4) is 0 Å². The number of carbonyl (C=O) groups is 2. The van der Waals surface area contributed by atoms with E-state index in [4.69, 9.17) is 9.84 Å². The van der Waals surface area contributed by atoms with Crippen molar-refractivity contribution in [2.24, 2.45) is 5.10 Å². The van der Waals surface area contributed by atoms with E-state index in [1.807, 2.05) is 37.3 Å². The Hall–Kier alpha value is -3.93. The van der Waals surface area contributed by atoms with Gasteiger partial charge in [-0.25, -0.2) is 10.2 Å². The van der Waals surface area contributed by atoms with E-state index >= 15 is 0 Å². The van der Waals surface area contributed by atoms with Crippen LogP contribution >= 0.6 is 0 Å². The van der Waals surface area contributed by atoms with E-state index in [0.29, 0.717) is 16.9 Å². The predicted molar refractivity (Wildman–Crippen MR) is 110 cm³/mol. The van der Waals surface area contributed by atoms with Crippen LogP contribution in [0.25, 0.3) is 0 Å². The topological polar surface area (TPSA) is 88.0 Å². The van der Waals surface area contributed by atoms with Crippen LogP contribution in [0.4, 0.5) is 0 Å². The Bertz CT molecular complexity index is 1030. The van der Waals surface area contributed by atoms with E-state index in [0.717, 1.165) is 11.1 Å². The maximum absolute atomic E-state index is 12.1. The number of nitrogens with one attached hydrogen (secondary N) is 1. The monoisotopic (exact) mass is 388 g/mol. The van der Waals surface area contributed by atoms with Gasteiger partial charge < -0.3 is 9.84 Å². The van der Waals surface area contributed by atoms with Gasteiger partial charge in [-0.05, 0) is 48.9 Å². The summed E-state index contributed by atoms with van der Waals surface area (Å²) in [6.45, 7) is 2.23. The van der Waals surface area contributed by atoms with Gasteiger partial charge >= 0.3 is 5.97 Å². The number of carboxylic acids is 1. The molecule has 0 saturated heterocycles. The number of ether oxygens (including phenoxy) is 1. The van der Waals surface area contributed by atoms with E-state index in [1.54, 1.807) is 30.3 Å². The Balaban J connectivity index is 1.62. The normalized spacial score (nSPS) is 10.7. The third-order valence-electron chi connectivity index (χ3n) is 4.20. The standard InChI is InChI=1S/C23H20N2O4/c1-16-6-10-18(11-7-16)22(26)25-24-14-20-4-2-3-5-21(20)29-15-17-8-12-19(13-9-17)23(27)28/h2-14H,15H2,1H3,(H,25,26)(H,27,28)/b24-14-. The van der Waals surface area contributed by atoms with Crippen LogP contribution in [-0.2, 0) is 6.61 Å². The van der Waals surface area contributed by atoms with Crippen molar-refractivity contribution in [1.82, 2.24) is 5.43 Å². The summed E-state index contributed by atoms with van der Waals surface area (Å²) in [6.07, 6.45) is 1.52. The molecule has 6 nitrogen and oxygen atoms in total. The molecule has 0 aliphatic carbocycles. The van der Waals surface area contributed by atoms with E-state index in [-0.39, 0.29) is 18.1 Å². The summed E-state index contributed by atoms with van der Waals surface area (Å²) < 4.78 is 5.83. The molecule has 0 spiro atoms. The highest BCUT2D eigenvalue weighted by atomic mass is 16.5. The minimum Gasteiger partial charge on any atom is -0.488 e. The zero-order valence-corrected chi connectivity index (χ0v) is 15.8. The molecular formula is C23H20N2O4. The maximum atomic E-state index is 12.1. The zero-order valence-electron chi connectivity index (χ0n) is 15.8. The number of hydrogen-bond acceptors (Lipinski definition) is 4. The molecule has 0 bridgehead atoms. The molecule has 0 aliphatic rings. The largest absolute Gasteiger partial charge is 0.488 e. The fraction of sp³-hybridized carbons (Fsp3) is 0.0870. The molecular weight excluding hydrogens is 368 g/mol. The van der Waals surface area contributed by atoms with Crippen molar-refractivity contribution in [2.45, 2.75) is 13.5 Å². The van der Waals surface area contributed by atoms with Gasteiger partial charge in [0.05, 0.1) is 11.8 Å². The Kier molecular flexibility index (Phi) is 6.37. The number of carboxylic acid groups (broad SMARTS) is 1. The SMILES string of the molecule is Cc1ccc(C(=O)N/N=C\c2ccccc2OCc2ccc(C(=O)O)cc2)cc1. The highest BCUT2D eigenvalue weighted by Crippen LogP contribution is 2.18. The van der Waals surface area contributed by atoms with E-state index < -0.39 is 5.97 Å². The van der Waals surface area contributed by atoms with Crippen LogP contribution in [0, 0.1) is 6.92 Å². The van der Waals surface area contributed by atoms with Crippen molar-refractivity contribution < 1.29 is 19.4 Å². The molecule has 0 heterocycles. The van der Waals surface area contributed by atoms with Crippen molar-refractivity contribution in [3.63, 3.8) is 0 Å². The second-order valence-electron chi connectivity index (χ2n) is 6.39. The average molecular weight is 388 g/mol. The molecule has 3 aromatic carbocycles. The maximum Gasteiger partial charge on any atom is 0.335 e. The lowest BCUT2D eigenvalue weighted by Crippen LogP contribution is -2.17. The number of rotatable bonds is 7. The lowest BCUT2D eigenvalue weighted by atomic mass is 10.1. The van der Waals surface area contributed by atoms with Crippen LogP contribution in [0.1, 0.15) is 37.4 Å². The van der Waals surface area contributed by atoms with Gasteiger partial charge in [0.25, 0.3) is 5.91 Å². The number of aromatic carboxylic acids is 1. The van der Waals surface area contributed by atoms with E-state index in [1.165, 1.54) is 18.3 Å². The molecule has 3 rings (SSSR count). The highest BCUT2D eigenvalue weighted by Gasteiger charge is 2.05. The first-order valence-corrected chi connectivity index (χ1v) is 8.97. The van der Waals surface area contributed by atoms with Gasteiger partial charge in [-0.1, -0.05) is 42.0 Å². The summed E-state index contributed by atoms with van der Waals surface area (Å²) in [7, 11) is 0. The lowest BCUT2D eigenvalue weighted by molar-refractivity contribution is 0.0696. The van der Waals surface area contributed by atoms with Gasteiger partial charge in [0, 0.05) is 11.1 Å². The zero-order chi connectivity index (χ0) is 20.6. The van der Waals surface area contributed by atoms with Gasteiger partial charge in [0.1, 0.15) is 12.4 Å². The molecule has 0 unspecified atom stereocenters. The highest BCUT2D eigenvalue weighted by molar-refractivity contribution is 5.95. The fourth-order valence-corrected chi connectivity index (χ4v) is 2.55. The molecule has 29 heavy (non-hydrogen) atoms. The molecule has 0 saturated carbocycles. The molecule has 2 N–H and O–H groups in total. The van der Waals surface area contributed by atoms with Crippen LogP contribution < -0.4 is 10.2 Å². The molecule has 0 aromatic heterocycles. The molecule has 0 radical (unpaired) electrons. The van der Waals surface area contributed by atoms with Crippen LogP contribution in [-0.4, -0.2) is 23.2 Å². The van der Waals surface area contributed by atoms with Crippen LogP contribution in [0.2, 0.25) is 0 Å². The molecule has 0 atom stereocenters. The third kappa shape index (κ3) is 5.52. The number of hydrogen-bond donors (Lipinski definition) is 2. The number of amides is 1. The van der Waals surface area contributed by atoms with E-state index in [9.17, 15) is 9.59 Å². The van der Waals surface area contributed by atoms with Gasteiger partial charge in [0.15, 0.2) is 0 Å². The van der Waals surface area contributed by atoms with Crippen molar-refractivity contribution >= 4 is 18.1 Å². The Morgan fingerprint density at radius 3 is 2.31 bits per heavy atom. The van der Waals surface area contributed by atoms with Gasteiger partial charge in [-0.3, -0.25) is 4.79 Å². The summed E-state index contributed by atoms with van der Waals surface area (Å²) in [4.78, 5) is 23.0. The first-order valence-electron chi connectivity index (χ1n) is 8.97. The molecule has 1 amide bonds. The quantitative estimate of drug-likeness (QED) is 0.472. The van der Waals surface area contributed by atoms with Crippen molar-refractivity contribution in [3.05, 3.63) is 101 Å². The number of para-hydroxylation sites is 1. The number of benzene rings is 3. The average Bonchev–Trinajstić information content (AvgIpc) is 2.73. The Morgan fingerprint density at radius 2 is 1.62 bits per heavy atom. The first-order chi connectivity index (χ1) is 14.0. The Labute approximate surface area is 168 Å². The molecule has 0 aliphatic heterocycles. The molecule has 3 aromatic rings. The summed E-state index contributed by atoms with van der Waals surface area (Å²) in [6, 6.07) is 21.0. The molecule has 6 heteroatoms. The van der Waals surface area contributed by atoms with Gasteiger partial charge in [-0.2, -0.15) is 5.10 Å². The fourth-order valence-electron chi connectivity index (χ4n) is 2.55. The first kappa shape index (κ1) is 19.8. The van der Waals surface area contributed by atoms with Crippen LogP contribution in [0.15, 0.2) is 77.9 Å². The predicted octanol–water partition coefficient (Wildman–Crippen LogP) is 4.04. The van der Waals surface area contributed by atoms with Crippen molar-refractivity contribution in [3.8, 4) is 5.75 Å². The lowest BCUT2D eigenvalue weighted by Gasteiger charge is -2.09. The second kappa shape index (κ2) is 9.32. The summed E-state index contributed by atoms with van der Waals surface area (Å²) in [5.41, 5.74) is 5.89. The minimum absolute atomic E-state index is 0.227. The Morgan fingerprint density at radius 1 is 0.966 bits per heavy atom. The summed E-state index contributed by atoms with van der Waals surface area (Å²) in [5, 5.41) is 13.0. The summed E-state index contributed by atoms with van der Waals surface area (Å²) >= 11 is 0. The third-order valence-corrected chi connectivity index (χ3v) is 4.20. The molecule has 146 valence electrons. The van der Waals surface area contributed by atoms with Gasteiger partial charge in [0.2, 0.25) is 0 Å². The number of aryl methyl sites for hydroxylation is 1. The molecule has 0 fully saturated rings. The second-order valence-corrected chi connectivity index (χ2v) is 6.39. The number of hydrazone groups is 1. The van der Waals surface area contributed by atoms with Crippen molar-refractivity contribution in [2.75, 3.05) is 0 Å². The van der Waals surface area contributed by atoms with E-state index in [2.05, 4.69) is 10.5 Å². The van der Waals surface area contributed by atoms with Crippen molar-refractivity contribution in [1.29, 1.82) is 0 Å². The minimum atomic E-state index is -0.966. The van der Waals surface area contributed by atoms with Crippen LogP contribution in [0.5, 0.6) is 5.75 Å². The number of carbonyl (C=O) groups excluding carboxylic acids is 1. The van der Waals surface area contributed by atoms with Gasteiger partial charge in [-0.15, -0.1) is 0 Å². The smallest absolute Gasteiger partial charge is 0.335 e.